The standard InChI is InChI=1S/C8H16F2N2O2/c1-2-6(11)3-7(14)12-4-8(9,10)5-13/h6,13H,2-5,11H2,1H3,(H,12,14). The molecule has 6 heteroatoms. The molecule has 0 radical (unpaired) electrons. The monoisotopic (exact) mass is 210 g/mol. The third-order valence-electron chi connectivity index (χ3n) is 1.75. The van der Waals surface area contributed by atoms with Crippen LogP contribution in [0, 0.1) is 0 Å². The van der Waals surface area contributed by atoms with Gasteiger partial charge in [0, 0.05) is 12.5 Å². The van der Waals surface area contributed by atoms with Crippen LogP contribution in [-0.4, -0.2) is 36.1 Å². The van der Waals surface area contributed by atoms with E-state index >= 15 is 0 Å². The third kappa shape index (κ3) is 5.82. The van der Waals surface area contributed by atoms with Gasteiger partial charge in [0.25, 0.3) is 5.92 Å². The van der Waals surface area contributed by atoms with Crippen molar-refractivity contribution in [1.29, 1.82) is 0 Å². The highest BCUT2D eigenvalue weighted by Crippen LogP contribution is 2.09. The molecule has 0 saturated carbocycles. The lowest BCUT2D eigenvalue weighted by molar-refractivity contribution is -0.124. The van der Waals surface area contributed by atoms with Crippen molar-refractivity contribution in [3.63, 3.8) is 0 Å². The first-order valence-corrected chi connectivity index (χ1v) is 4.42. The first-order valence-electron chi connectivity index (χ1n) is 4.42. The van der Waals surface area contributed by atoms with Crippen LogP contribution in [0.25, 0.3) is 0 Å². The fraction of sp³-hybridized carbons (Fsp3) is 0.875. The predicted octanol–water partition coefficient (Wildman–Crippen LogP) is -0.142. The van der Waals surface area contributed by atoms with Crippen LogP contribution in [0.1, 0.15) is 19.8 Å². The fourth-order valence-corrected chi connectivity index (χ4v) is 0.738. The number of amides is 1. The average molecular weight is 210 g/mol. The minimum absolute atomic E-state index is 0.0258. The van der Waals surface area contributed by atoms with Gasteiger partial charge in [0.05, 0.1) is 6.54 Å². The summed E-state index contributed by atoms with van der Waals surface area (Å²) in [6.07, 6.45) is 0.641. The minimum Gasteiger partial charge on any atom is -0.390 e. The normalized spacial score (nSPS) is 13.8. The van der Waals surface area contributed by atoms with Crippen LogP contribution in [0.2, 0.25) is 0 Å². The lowest BCUT2D eigenvalue weighted by Crippen LogP contribution is -2.40. The Morgan fingerprint density at radius 1 is 1.64 bits per heavy atom. The van der Waals surface area contributed by atoms with Crippen LogP contribution in [0.3, 0.4) is 0 Å². The number of nitrogens with one attached hydrogen (secondary N) is 1. The SMILES string of the molecule is CCC(N)CC(=O)NCC(F)(F)CO. The molecule has 0 aliphatic carbocycles. The van der Waals surface area contributed by atoms with E-state index in [1.165, 1.54) is 0 Å². The van der Waals surface area contributed by atoms with Gasteiger partial charge in [-0.2, -0.15) is 0 Å². The number of rotatable bonds is 6. The fourth-order valence-electron chi connectivity index (χ4n) is 0.738. The first kappa shape index (κ1) is 13.2. The molecule has 0 aromatic heterocycles. The summed E-state index contributed by atoms with van der Waals surface area (Å²) in [6, 6.07) is -0.308. The number of aliphatic hydroxyl groups is 1. The molecule has 0 aliphatic heterocycles. The topological polar surface area (TPSA) is 75.4 Å². The summed E-state index contributed by atoms with van der Waals surface area (Å²) in [4.78, 5) is 11.0. The molecule has 0 heterocycles. The van der Waals surface area contributed by atoms with Gasteiger partial charge >= 0.3 is 0 Å². The average Bonchev–Trinajstić information content (AvgIpc) is 2.15. The highest BCUT2D eigenvalue weighted by atomic mass is 19.3. The van der Waals surface area contributed by atoms with Gasteiger partial charge in [0.15, 0.2) is 0 Å². The Balaban J connectivity index is 3.74. The van der Waals surface area contributed by atoms with E-state index in [1.54, 1.807) is 6.92 Å². The zero-order chi connectivity index (χ0) is 11.2. The second-order valence-corrected chi connectivity index (χ2v) is 3.16. The van der Waals surface area contributed by atoms with Crippen molar-refractivity contribution in [2.75, 3.05) is 13.2 Å². The summed E-state index contributed by atoms with van der Waals surface area (Å²) in [5.74, 6) is -3.78. The number of nitrogens with two attached hydrogens (primary N) is 1. The summed E-state index contributed by atoms with van der Waals surface area (Å²) in [5, 5.41) is 10.2. The Hall–Kier alpha value is -0.750. The van der Waals surface area contributed by atoms with Gasteiger partial charge in [-0.05, 0) is 6.42 Å². The van der Waals surface area contributed by atoms with Crippen molar-refractivity contribution in [2.24, 2.45) is 5.73 Å². The van der Waals surface area contributed by atoms with Crippen LogP contribution in [-0.2, 0) is 4.79 Å². The van der Waals surface area contributed by atoms with Crippen molar-refractivity contribution < 1.29 is 18.7 Å². The highest BCUT2D eigenvalue weighted by molar-refractivity contribution is 5.76. The van der Waals surface area contributed by atoms with E-state index in [-0.39, 0.29) is 12.5 Å². The maximum atomic E-state index is 12.4. The minimum atomic E-state index is -3.26. The number of carbonyl (C=O) groups is 1. The smallest absolute Gasteiger partial charge is 0.287 e. The van der Waals surface area contributed by atoms with Crippen LogP contribution in [0.5, 0.6) is 0 Å². The van der Waals surface area contributed by atoms with Gasteiger partial charge in [-0.3, -0.25) is 4.79 Å². The Morgan fingerprint density at radius 2 is 2.21 bits per heavy atom. The molecule has 0 aromatic rings. The Morgan fingerprint density at radius 3 is 2.64 bits per heavy atom. The molecule has 0 bridgehead atoms. The lowest BCUT2D eigenvalue weighted by Gasteiger charge is -2.15. The van der Waals surface area contributed by atoms with E-state index < -0.39 is 25.0 Å². The molecule has 0 fully saturated rings. The maximum Gasteiger partial charge on any atom is 0.287 e. The molecule has 84 valence electrons. The molecule has 1 amide bonds. The molecule has 14 heavy (non-hydrogen) atoms. The summed E-state index contributed by atoms with van der Waals surface area (Å²) >= 11 is 0. The molecular formula is C8H16F2N2O2. The highest BCUT2D eigenvalue weighted by Gasteiger charge is 2.28. The van der Waals surface area contributed by atoms with Crippen molar-refractivity contribution in [1.82, 2.24) is 5.32 Å². The number of alkyl halides is 2. The molecule has 4 nitrogen and oxygen atoms in total. The number of aliphatic hydroxyl groups excluding tert-OH is 1. The van der Waals surface area contributed by atoms with E-state index in [0.29, 0.717) is 6.42 Å². The molecule has 0 aromatic carbocycles. The van der Waals surface area contributed by atoms with E-state index in [9.17, 15) is 13.6 Å². The molecule has 1 unspecified atom stereocenters. The molecule has 0 rings (SSSR count). The van der Waals surface area contributed by atoms with Crippen LogP contribution < -0.4 is 11.1 Å². The first-order chi connectivity index (χ1) is 6.41. The molecular weight excluding hydrogens is 194 g/mol. The molecule has 0 aliphatic rings. The van der Waals surface area contributed by atoms with Gasteiger partial charge < -0.3 is 16.2 Å². The Labute approximate surface area is 81.5 Å². The van der Waals surface area contributed by atoms with Gasteiger partial charge in [-0.25, -0.2) is 8.78 Å². The quantitative estimate of drug-likeness (QED) is 0.571. The Bertz CT molecular complexity index is 188. The van der Waals surface area contributed by atoms with Gasteiger partial charge in [0.2, 0.25) is 5.91 Å². The molecule has 0 saturated heterocycles. The van der Waals surface area contributed by atoms with Crippen LogP contribution in [0.15, 0.2) is 0 Å². The third-order valence-corrected chi connectivity index (χ3v) is 1.75. The largest absolute Gasteiger partial charge is 0.390 e. The van der Waals surface area contributed by atoms with Crippen LogP contribution in [0.4, 0.5) is 8.78 Å². The van der Waals surface area contributed by atoms with Crippen molar-refractivity contribution in [3.8, 4) is 0 Å². The van der Waals surface area contributed by atoms with Crippen molar-refractivity contribution >= 4 is 5.91 Å². The summed E-state index contributed by atoms with van der Waals surface area (Å²) in [5.41, 5.74) is 5.45. The number of halogens is 2. The van der Waals surface area contributed by atoms with Crippen LogP contribution >= 0.6 is 0 Å². The maximum absolute atomic E-state index is 12.4. The second kappa shape index (κ2) is 5.87. The van der Waals surface area contributed by atoms with E-state index in [4.69, 9.17) is 10.8 Å². The molecule has 4 N–H and O–H groups in total. The second-order valence-electron chi connectivity index (χ2n) is 3.16. The van der Waals surface area contributed by atoms with Crippen molar-refractivity contribution in [3.05, 3.63) is 0 Å². The summed E-state index contributed by atoms with van der Waals surface area (Å²) in [6.45, 7) is -0.313. The summed E-state index contributed by atoms with van der Waals surface area (Å²) in [7, 11) is 0. The van der Waals surface area contributed by atoms with E-state index in [2.05, 4.69) is 0 Å². The predicted molar refractivity (Wildman–Crippen MR) is 47.9 cm³/mol. The number of hydrogen-bond donors (Lipinski definition) is 3. The molecule has 1 atom stereocenters. The van der Waals surface area contributed by atoms with E-state index in [0.717, 1.165) is 0 Å². The zero-order valence-corrected chi connectivity index (χ0v) is 8.09. The van der Waals surface area contributed by atoms with E-state index in [1.807, 2.05) is 5.32 Å². The van der Waals surface area contributed by atoms with Gasteiger partial charge in [-0.1, -0.05) is 6.92 Å². The van der Waals surface area contributed by atoms with Gasteiger partial charge in [-0.15, -0.1) is 0 Å². The number of carbonyl (C=O) groups excluding carboxylic acids is 1. The molecule has 0 spiro atoms. The Kier molecular flexibility index (Phi) is 5.56. The zero-order valence-electron chi connectivity index (χ0n) is 8.09. The number of hydrogen-bond acceptors (Lipinski definition) is 3. The van der Waals surface area contributed by atoms with Crippen molar-refractivity contribution in [2.45, 2.75) is 31.7 Å². The summed E-state index contributed by atoms with van der Waals surface area (Å²) < 4.78 is 24.9. The lowest BCUT2D eigenvalue weighted by atomic mass is 10.1. The van der Waals surface area contributed by atoms with Gasteiger partial charge in [0.1, 0.15) is 6.61 Å².